The minimum atomic E-state index is 0.648. The van der Waals surface area contributed by atoms with E-state index in [0.29, 0.717) is 17.5 Å². The molecule has 4 heterocycles. The second-order valence-corrected chi connectivity index (χ2v) is 11.7. The summed E-state index contributed by atoms with van der Waals surface area (Å²) >= 11 is 0. The Hall–Kier alpha value is -6.33. The summed E-state index contributed by atoms with van der Waals surface area (Å²) in [5.74, 6) is 1.95. The molecule has 6 aromatic carbocycles. The van der Waals surface area contributed by atoms with Crippen molar-refractivity contribution in [2.45, 2.75) is 0 Å². The molecule has 10 rings (SSSR count). The van der Waals surface area contributed by atoms with Crippen molar-refractivity contribution in [3.63, 3.8) is 0 Å². The summed E-state index contributed by atoms with van der Waals surface area (Å²) in [5.41, 5.74) is 8.66. The van der Waals surface area contributed by atoms with Crippen LogP contribution >= 0.6 is 0 Å². The number of fused-ring (bicyclic) bond motifs is 7. The number of hydrogen-bond donors (Lipinski definition) is 0. The highest BCUT2D eigenvalue weighted by atomic mass is 15.0. The first kappa shape index (κ1) is 25.0. The molecule has 5 heteroatoms. The molecule has 0 radical (unpaired) electrons. The molecule has 0 fully saturated rings. The molecule has 0 saturated heterocycles. The van der Waals surface area contributed by atoms with E-state index in [1.807, 2.05) is 60.7 Å². The maximum Gasteiger partial charge on any atom is 0.164 e. The summed E-state index contributed by atoms with van der Waals surface area (Å²) in [5, 5.41) is 5.99. The highest BCUT2D eigenvalue weighted by molar-refractivity contribution is 6.21. The third kappa shape index (κ3) is 3.54. The van der Waals surface area contributed by atoms with Crippen LogP contribution in [0.25, 0.3) is 88.7 Å². The fraction of sp³-hybridized carbons (Fsp3) is 0. The zero-order chi connectivity index (χ0) is 30.2. The Morgan fingerprint density at radius 1 is 0.348 bits per heavy atom. The molecular weight excluding hydrogens is 562 g/mol. The molecule has 0 bridgehead atoms. The van der Waals surface area contributed by atoms with Gasteiger partial charge in [0.25, 0.3) is 0 Å². The van der Waals surface area contributed by atoms with E-state index in [1.165, 1.54) is 32.6 Å². The Bertz CT molecular complexity index is 2740. The van der Waals surface area contributed by atoms with Crippen LogP contribution < -0.4 is 0 Å². The summed E-state index contributed by atoms with van der Waals surface area (Å²) in [6.45, 7) is 0. The van der Waals surface area contributed by atoms with Gasteiger partial charge >= 0.3 is 0 Å². The van der Waals surface area contributed by atoms with E-state index in [2.05, 4.69) is 99.9 Å². The lowest BCUT2D eigenvalue weighted by atomic mass is 10.1. The average molecular weight is 588 g/mol. The van der Waals surface area contributed by atoms with Gasteiger partial charge in [0.2, 0.25) is 0 Å². The van der Waals surface area contributed by atoms with Gasteiger partial charge in [-0.2, -0.15) is 0 Å². The fourth-order valence-corrected chi connectivity index (χ4v) is 7.14. The summed E-state index contributed by atoms with van der Waals surface area (Å²) in [7, 11) is 0. The number of nitrogens with zero attached hydrogens (tertiary/aromatic N) is 5. The van der Waals surface area contributed by atoms with Crippen LogP contribution in [0.3, 0.4) is 0 Å². The van der Waals surface area contributed by atoms with E-state index in [0.717, 1.165) is 38.6 Å². The van der Waals surface area contributed by atoms with E-state index in [-0.39, 0.29) is 0 Å². The predicted molar refractivity (Wildman–Crippen MR) is 188 cm³/mol. The second kappa shape index (κ2) is 9.58. The summed E-state index contributed by atoms with van der Waals surface area (Å²) < 4.78 is 4.77. The third-order valence-corrected chi connectivity index (χ3v) is 9.16. The maximum atomic E-state index is 5.09. The van der Waals surface area contributed by atoms with Crippen LogP contribution in [-0.2, 0) is 0 Å². The van der Waals surface area contributed by atoms with Gasteiger partial charge in [-0.3, -0.25) is 0 Å². The number of hydrogen-bond acceptors (Lipinski definition) is 3. The van der Waals surface area contributed by atoms with Crippen molar-refractivity contribution in [1.82, 2.24) is 23.8 Å². The van der Waals surface area contributed by atoms with Crippen LogP contribution in [-0.4, -0.2) is 23.8 Å². The lowest BCUT2D eigenvalue weighted by Crippen LogP contribution is -2.01. The van der Waals surface area contributed by atoms with Gasteiger partial charge in [0.15, 0.2) is 17.5 Å². The van der Waals surface area contributed by atoms with Crippen LogP contribution in [0, 0.1) is 0 Å². The van der Waals surface area contributed by atoms with Crippen LogP contribution in [0.1, 0.15) is 0 Å². The quantitative estimate of drug-likeness (QED) is 0.207. The highest BCUT2D eigenvalue weighted by Crippen LogP contribution is 2.39. The highest BCUT2D eigenvalue weighted by Gasteiger charge is 2.20. The molecule has 0 spiro atoms. The van der Waals surface area contributed by atoms with Crippen LogP contribution in [0.5, 0.6) is 0 Å². The summed E-state index contributed by atoms with van der Waals surface area (Å²) in [6, 6.07) is 51.0. The van der Waals surface area contributed by atoms with Gasteiger partial charge in [0.05, 0.1) is 27.6 Å². The first-order valence-electron chi connectivity index (χ1n) is 15.5. The lowest BCUT2D eigenvalue weighted by molar-refractivity contribution is 1.08. The Morgan fingerprint density at radius 3 is 1.57 bits per heavy atom. The molecule has 0 aliphatic heterocycles. The molecule has 10 aromatic rings. The molecule has 214 valence electrons. The van der Waals surface area contributed by atoms with Gasteiger partial charge in [-0.05, 0) is 30.3 Å². The molecule has 0 aliphatic rings. The van der Waals surface area contributed by atoms with Crippen LogP contribution in [0.4, 0.5) is 0 Å². The van der Waals surface area contributed by atoms with Gasteiger partial charge in [-0.25, -0.2) is 15.0 Å². The maximum absolute atomic E-state index is 5.09. The predicted octanol–water partition coefficient (Wildman–Crippen LogP) is 9.99. The van der Waals surface area contributed by atoms with Crippen molar-refractivity contribution in [3.05, 3.63) is 152 Å². The number of aromatic nitrogens is 5. The normalized spacial score (nSPS) is 11.9. The monoisotopic (exact) mass is 587 g/mol. The van der Waals surface area contributed by atoms with E-state index < -0.39 is 0 Å². The molecule has 0 aliphatic carbocycles. The van der Waals surface area contributed by atoms with Crippen LogP contribution in [0.2, 0.25) is 0 Å². The Labute approximate surface area is 263 Å². The number of benzene rings is 6. The topological polar surface area (TPSA) is 47.5 Å². The van der Waals surface area contributed by atoms with Crippen molar-refractivity contribution >= 4 is 54.5 Å². The van der Waals surface area contributed by atoms with E-state index >= 15 is 0 Å². The smallest absolute Gasteiger partial charge is 0.164 e. The van der Waals surface area contributed by atoms with E-state index in [1.54, 1.807) is 0 Å². The Balaban J connectivity index is 1.38. The minimum Gasteiger partial charge on any atom is -0.314 e. The molecule has 0 saturated carbocycles. The first-order valence-corrected chi connectivity index (χ1v) is 15.5. The second-order valence-electron chi connectivity index (χ2n) is 11.7. The molecule has 0 N–H and O–H groups in total. The van der Waals surface area contributed by atoms with Gasteiger partial charge in [0.1, 0.15) is 0 Å². The largest absolute Gasteiger partial charge is 0.314 e. The minimum absolute atomic E-state index is 0.648. The van der Waals surface area contributed by atoms with Gasteiger partial charge < -0.3 is 8.80 Å². The van der Waals surface area contributed by atoms with Gasteiger partial charge in [-0.15, -0.1) is 0 Å². The zero-order valence-electron chi connectivity index (χ0n) is 24.7. The Morgan fingerprint density at radius 2 is 0.891 bits per heavy atom. The zero-order valence-corrected chi connectivity index (χ0v) is 24.7. The van der Waals surface area contributed by atoms with Crippen molar-refractivity contribution in [1.29, 1.82) is 0 Å². The Kier molecular flexibility index (Phi) is 5.22. The van der Waals surface area contributed by atoms with Crippen molar-refractivity contribution in [2.24, 2.45) is 0 Å². The SMILES string of the molecule is c1ccc(-c2nc(-c3ccccc3)nc(-c3ccc4c5c3ccn5c3ccccc3c3cccc5c6ccccc6n4c35)n2)cc1. The summed E-state index contributed by atoms with van der Waals surface area (Å²) in [4.78, 5) is 15.1. The third-order valence-electron chi connectivity index (χ3n) is 9.16. The lowest BCUT2D eigenvalue weighted by Gasteiger charge is -2.13. The van der Waals surface area contributed by atoms with E-state index in [4.69, 9.17) is 15.0 Å². The molecule has 0 unspecified atom stereocenters. The first-order chi connectivity index (χ1) is 22.8. The average Bonchev–Trinajstić information content (AvgIpc) is 3.72. The molecule has 0 amide bonds. The van der Waals surface area contributed by atoms with Gasteiger partial charge in [0, 0.05) is 49.8 Å². The molecule has 0 atom stereocenters. The van der Waals surface area contributed by atoms with E-state index in [9.17, 15) is 0 Å². The fourth-order valence-electron chi connectivity index (χ4n) is 7.14. The van der Waals surface area contributed by atoms with Crippen molar-refractivity contribution in [2.75, 3.05) is 0 Å². The van der Waals surface area contributed by atoms with Crippen molar-refractivity contribution < 1.29 is 0 Å². The number of para-hydroxylation sites is 3. The van der Waals surface area contributed by atoms with Crippen molar-refractivity contribution in [3.8, 4) is 34.2 Å². The molecule has 4 aromatic heterocycles. The van der Waals surface area contributed by atoms with Gasteiger partial charge in [-0.1, -0.05) is 115 Å². The standard InChI is InChI=1S/C41H25N5/c1-3-12-26(13-4-1)39-42-40(27-14-5-2-6-15-27)44-41(43-39)33-22-23-36-38-32(33)24-25-45(38)34-20-9-7-16-28(34)30-18-11-19-31-29-17-8-10-21-35(29)46(36)37(30)31/h1-25H. The molecule has 46 heavy (non-hydrogen) atoms. The number of rotatable bonds is 3. The molecule has 5 nitrogen and oxygen atoms in total. The van der Waals surface area contributed by atoms with Crippen LogP contribution in [0.15, 0.2) is 152 Å². The summed E-state index contributed by atoms with van der Waals surface area (Å²) in [6.07, 6.45) is 2.19. The molecular formula is C41H25N5.